The second-order valence-corrected chi connectivity index (χ2v) is 4.85. The molecule has 0 unspecified atom stereocenters. The van der Waals surface area contributed by atoms with Crippen molar-refractivity contribution in [3.63, 3.8) is 0 Å². The zero-order valence-electron chi connectivity index (χ0n) is 8.24. The first-order valence-corrected chi connectivity index (χ1v) is 6.28. The number of hydrogen-bond acceptors (Lipinski definition) is 3. The fraction of sp³-hybridized carbons (Fsp3) is 0. The van der Waals surface area contributed by atoms with Gasteiger partial charge in [-0.05, 0) is 29.6 Å². The zero-order chi connectivity index (χ0) is 11.5. The summed E-state index contributed by atoms with van der Waals surface area (Å²) in [6.07, 6.45) is 0. The molecule has 0 saturated carbocycles. The molecule has 0 amide bonds. The van der Waals surface area contributed by atoms with Crippen LogP contribution in [0.2, 0.25) is 5.02 Å². The third-order valence-electron chi connectivity index (χ3n) is 2.05. The van der Waals surface area contributed by atoms with Gasteiger partial charge in [-0.2, -0.15) is 11.3 Å². The largest absolute Gasteiger partial charge is 0.389 e. The fourth-order valence-electron chi connectivity index (χ4n) is 1.33. The molecule has 0 bridgehead atoms. The first-order chi connectivity index (χ1) is 7.66. The number of hydrogen-bond donors (Lipinski definition) is 2. The first kappa shape index (κ1) is 11.4. The van der Waals surface area contributed by atoms with Gasteiger partial charge >= 0.3 is 0 Å². The summed E-state index contributed by atoms with van der Waals surface area (Å²) in [5, 5.41) is 7.88. The maximum Gasteiger partial charge on any atom is 0.106 e. The molecule has 0 aliphatic carbocycles. The van der Waals surface area contributed by atoms with E-state index in [-0.39, 0.29) is 0 Å². The lowest BCUT2D eigenvalue weighted by Gasteiger charge is -2.10. The van der Waals surface area contributed by atoms with Crippen LogP contribution in [0.3, 0.4) is 0 Å². The van der Waals surface area contributed by atoms with E-state index in [1.807, 2.05) is 29.0 Å². The third-order valence-corrected chi connectivity index (χ3v) is 3.19. The molecule has 0 fully saturated rings. The van der Waals surface area contributed by atoms with Gasteiger partial charge in [-0.1, -0.05) is 23.8 Å². The van der Waals surface area contributed by atoms with Gasteiger partial charge in [0.25, 0.3) is 0 Å². The van der Waals surface area contributed by atoms with Gasteiger partial charge in [-0.25, -0.2) is 0 Å². The Morgan fingerprint density at radius 3 is 2.81 bits per heavy atom. The average Bonchev–Trinajstić information content (AvgIpc) is 2.70. The number of rotatable bonds is 3. The Bertz CT molecular complexity index is 509. The Hall–Kier alpha value is -1.10. The van der Waals surface area contributed by atoms with Crippen molar-refractivity contribution in [1.82, 2.24) is 0 Å². The molecule has 0 atom stereocenters. The molecule has 0 radical (unpaired) electrons. The lowest BCUT2D eigenvalue weighted by Crippen LogP contribution is -2.11. The van der Waals surface area contributed by atoms with E-state index >= 15 is 0 Å². The number of nitrogens with one attached hydrogen (secondary N) is 1. The Kier molecular flexibility index (Phi) is 3.43. The molecule has 5 heteroatoms. The van der Waals surface area contributed by atoms with Crippen LogP contribution in [0.15, 0.2) is 35.0 Å². The smallest absolute Gasteiger partial charge is 0.106 e. The van der Waals surface area contributed by atoms with Crippen molar-refractivity contribution in [3.05, 3.63) is 45.6 Å². The minimum absolute atomic E-state index is 0.356. The number of nitrogens with two attached hydrogens (primary N) is 1. The van der Waals surface area contributed by atoms with Crippen molar-refractivity contribution in [2.24, 2.45) is 5.73 Å². The number of thiophene rings is 1. The summed E-state index contributed by atoms with van der Waals surface area (Å²) in [6.45, 7) is 0. The molecule has 3 N–H and O–H groups in total. The molecule has 2 rings (SSSR count). The van der Waals surface area contributed by atoms with Gasteiger partial charge in [0.1, 0.15) is 4.99 Å². The van der Waals surface area contributed by atoms with Gasteiger partial charge in [-0.15, -0.1) is 0 Å². The fourth-order valence-corrected chi connectivity index (χ4v) is 2.26. The van der Waals surface area contributed by atoms with E-state index in [1.165, 1.54) is 0 Å². The highest BCUT2D eigenvalue weighted by atomic mass is 35.5. The quantitative estimate of drug-likeness (QED) is 0.832. The second-order valence-electron chi connectivity index (χ2n) is 3.19. The van der Waals surface area contributed by atoms with E-state index in [1.54, 1.807) is 17.4 Å². The summed E-state index contributed by atoms with van der Waals surface area (Å²) in [5.41, 5.74) is 8.28. The molecular weight excluding hydrogens is 260 g/mol. The maximum atomic E-state index is 5.94. The van der Waals surface area contributed by atoms with Crippen molar-refractivity contribution in [1.29, 1.82) is 0 Å². The Balaban J connectivity index is 2.38. The van der Waals surface area contributed by atoms with Crippen LogP contribution in [0.5, 0.6) is 0 Å². The van der Waals surface area contributed by atoms with E-state index in [0.29, 0.717) is 10.0 Å². The van der Waals surface area contributed by atoms with Crippen molar-refractivity contribution >= 4 is 51.5 Å². The van der Waals surface area contributed by atoms with Crippen molar-refractivity contribution < 1.29 is 0 Å². The molecule has 16 heavy (non-hydrogen) atoms. The van der Waals surface area contributed by atoms with Crippen molar-refractivity contribution in [2.45, 2.75) is 0 Å². The minimum Gasteiger partial charge on any atom is -0.389 e. The monoisotopic (exact) mass is 268 g/mol. The van der Waals surface area contributed by atoms with Crippen LogP contribution in [0.25, 0.3) is 0 Å². The molecule has 1 aromatic carbocycles. The van der Waals surface area contributed by atoms with Crippen LogP contribution in [0.4, 0.5) is 11.4 Å². The number of halogens is 1. The number of thiocarbonyl (C=S) groups is 1. The topological polar surface area (TPSA) is 38.0 Å². The van der Waals surface area contributed by atoms with Crippen LogP contribution in [0, 0.1) is 0 Å². The summed E-state index contributed by atoms with van der Waals surface area (Å²) >= 11 is 12.5. The highest BCUT2D eigenvalue weighted by molar-refractivity contribution is 7.80. The normalized spacial score (nSPS) is 10.1. The zero-order valence-corrected chi connectivity index (χ0v) is 10.6. The summed E-state index contributed by atoms with van der Waals surface area (Å²) in [7, 11) is 0. The summed E-state index contributed by atoms with van der Waals surface area (Å²) in [4.78, 5) is 0.356. The lowest BCUT2D eigenvalue weighted by molar-refractivity contribution is 1.55. The van der Waals surface area contributed by atoms with Gasteiger partial charge in [-0.3, -0.25) is 0 Å². The van der Waals surface area contributed by atoms with Gasteiger partial charge in [0.05, 0.1) is 5.69 Å². The molecule has 0 aliphatic rings. The standard InChI is InChI=1S/C11H9ClN2S2/c12-7-1-2-9(11(13)15)10(5-7)14-8-3-4-16-6-8/h1-6,14H,(H2,13,15). The SMILES string of the molecule is NC(=S)c1ccc(Cl)cc1Nc1ccsc1. The van der Waals surface area contributed by atoms with E-state index in [0.717, 1.165) is 16.9 Å². The van der Waals surface area contributed by atoms with Gasteiger partial charge < -0.3 is 11.1 Å². The third kappa shape index (κ3) is 2.52. The average molecular weight is 269 g/mol. The first-order valence-electron chi connectivity index (χ1n) is 4.55. The number of anilines is 2. The Morgan fingerprint density at radius 1 is 1.38 bits per heavy atom. The minimum atomic E-state index is 0.356. The van der Waals surface area contributed by atoms with E-state index in [9.17, 15) is 0 Å². The molecule has 0 spiro atoms. The highest BCUT2D eigenvalue weighted by Gasteiger charge is 2.06. The maximum absolute atomic E-state index is 5.94. The predicted octanol–water partition coefficient (Wildman–Crippen LogP) is 3.78. The molecular formula is C11H9ClN2S2. The van der Waals surface area contributed by atoms with Crippen LogP contribution >= 0.6 is 35.2 Å². The highest BCUT2D eigenvalue weighted by Crippen LogP contribution is 2.25. The van der Waals surface area contributed by atoms with E-state index < -0.39 is 0 Å². The second kappa shape index (κ2) is 4.82. The molecule has 0 saturated heterocycles. The lowest BCUT2D eigenvalue weighted by atomic mass is 10.1. The molecule has 1 heterocycles. The molecule has 1 aromatic heterocycles. The molecule has 82 valence electrons. The van der Waals surface area contributed by atoms with Crippen LogP contribution in [-0.4, -0.2) is 4.99 Å². The van der Waals surface area contributed by atoms with Crippen molar-refractivity contribution in [3.8, 4) is 0 Å². The summed E-state index contributed by atoms with van der Waals surface area (Å²) in [5.74, 6) is 0. The van der Waals surface area contributed by atoms with Crippen LogP contribution in [-0.2, 0) is 0 Å². The molecule has 0 aliphatic heterocycles. The van der Waals surface area contributed by atoms with Crippen LogP contribution < -0.4 is 11.1 Å². The predicted molar refractivity (Wildman–Crippen MR) is 74.9 cm³/mol. The van der Waals surface area contributed by atoms with E-state index in [2.05, 4.69) is 5.32 Å². The summed E-state index contributed by atoms with van der Waals surface area (Å²) < 4.78 is 0. The van der Waals surface area contributed by atoms with Gasteiger partial charge in [0, 0.05) is 21.7 Å². The van der Waals surface area contributed by atoms with Gasteiger partial charge in [0.15, 0.2) is 0 Å². The van der Waals surface area contributed by atoms with Crippen molar-refractivity contribution in [2.75, 3.05) is 5.32 Å². The number of benzene rings is 1. The Morgan fingerprint density at radius 2 is 2.19 bits per heavy atom. The van der Waals surface area contributed by atoms with E-state index in [4.69, 9.17) is 29.6 Å². The van der Waals surface area contributed by atoms with Crippen LogP contribution in [0.1, 0.15) is 5.56 Å². The Labute approximate surface area is 108 Å². The summed E-state index contributed by atoms with van der Waals surface area (Å²) in [6, 6.07) is 7.39. The molecule has 2 nitrogen and oxygen atoms in total. The molecule has 2 aromatic rings. The van der Waals surface area contributed by atoms with Gasteiger partial charge in [0.2, 0.25) is 0 Å².